The van der Waals surface area contributed by atoms with Gasteiger partial charge in [-0.3, -0.25) is 0 Å². The van der Waals surface area contributed by atoms with Crippen molar-refractivity contribution in [3.05, 3.63) is 0 Å². The van der Waals surface area contributed by atoms with Crippen molar-refractivity contribution in [3.63, 3.8) is 0 Å². The van der Waals surface area contributed by atoms with Crippen molar-refractivity contribution in [2.45, 2.75) is 25.6 Å². The van der Waals surface area contributed by atoms with Gasteiger partial charge in [0.05, 0.1) is 6.61 Å². The van der Waals surface area contributed by atoms with Crippen molar-refractivity contribution >= 4 is 5.97 Å². The van der Waals surface area contributed by atoms with Gasteiger partial charge in [0.25, 0.3) is 0 Å². The number of esters is 1. The summed E-state index contributed by atoms with van der Waals surface area (Å²) in [7, 11) is 1.51. The Balaban J connectivity index is 3.71. The summed E-state index contributed by atoms with van der Waals surface area (Å²) in [6.07, 6.45) is -1.24. The Morgan fingerprint density at radius 1 is 1.62 bits per heavy atom. The Kier molecular flexibility index (Phi) is 6.48. The first-order chi connectivity index (χ1) is 6.11. The summed E-state index contributed by atoms with van der Waals surface area (Å²) in [6.45, 7) is 2.27. The normalized spacial score (nSPS) is 15.1. The molecule has 0 aliphatic heterocycles. The van der Waals surface area contributed by atoms with E-state index in [0.29, 0.717) is 6.61 Å². The van der Waals surface area contributed by atoms with Gasteiger partial charge in [-0.1, -0.05) is 0 Å². The summed E-state index contributed by atoms with van der Waals surface area (Å²) in [5, 5.41) is 9.14. The van der Waals surface area contributed by atoms with E-state index in [1.165, 1.54) is 7.11 Å². The number of rotatable bonds is 6. The first-order valence-electron chi connectivity index (χ1n) is 4.19. The van der Waals surface area contributed by atoms with Crippen LogP contribution in [0, 0.1) is 0 Å². The van der Waals surface area contributed by atoms with Crippen LogP contribution in [-0.4, -0.2) is 43.5 Å². The molecule has 0 saturated carbocycles. The lowest BCUT2D eigenvalue weighted by atomic mass is 10.2. The molecule has 0 rings (SSSR count). The van der Waals surface area contributed by atoms with Gasteiger partial charge < -0.3 is 20.3 Å². The van der Waals surface area contributed by atoms with E-state index in [-0.39, 0.29) is 19.1 Å². The van der Waals surface area contributed by atoms with E-state index in [0.717, 1.165) is 0 Å². The second kappa shape index (κ2) is 6.82. The first-order valence-corrected chi connectivity index (χ1v) is 4.19. The highest BCUT2D eigenvalue weighted by Gasteiger charge is 2.17. The number of nitrogens with two attached hydrogens (primary N) is 1. The molecule has 0 fully saturated rings. The lowest BCUT2D eigenvalue weighted by Crippen LogP contribution is -2.30. The molecule has 5 heteroatoms. The van der Waals surface area contributed by atoms with Crippen LogP contribution in [0.3, 0.4) is 0 Å². The third kappa shape index (κ3) is 5.57. The van der Waals surface area contributed by atoms with Crippen LogP contribution >= 0.6 is 0 Å². The largest absolute Gasteiger partial charge is 0.458 e. The molecule has 0 aromatic carbocycles. The Morgan fingerprint density at radius 3 is 2.69 bits per heavy atom. The average Bonchev–Trinajstić information content (AvgIpc) is 2.05. The second-order valence-electron chi connectivity index (χ2n) is 2.80. The molecule has 0 radical (unpaired) electrons. The van der Waals surface area contributed by atoms with Crippen LogP contribution in [0.1, 0.15) is 13.3 Å². The molecule has 2 unspecified atom stereocenters. The van der Waals surface area contributed by atoms with E-state index in [9.17, 15) is 4.79 Å². The molecule has 0 aliphatic carbocycles. The highest BCUT2D eigenvalue weighted by molar-refractivity contribution is 5.74. The Labute approximate surface area is 77.8 Å². The lowest BCUT2D eigenvalue weighted by molar-refractivity contribution is -0.160. The van der Waals surface area contributed by atoms with Gasteiger partial charge in [0, 0.05) is 7.11 Å². The predicted molar refractivity (Wildman–Crippen MR) is 47.1 cm³/mol. The number of hydrogen-bond donors (Lipinski definition) is 2. The Bertz CT molecular complexity index is 151. The third-order valence-corrected chi connectivity index (χ3v) is 1.43. The minimum Gasteiger partial charge on any atom is -0.458 e. The molecule has 0 saturated heterocycles. The Hall–Kier alpha value is -0.650. The number of carbonyl (C=O) groups is 1. The van der Waals surface area contributed by atoms with Crippen LogP contribution in [0.25, 0.3) is 0 Å². The molecule has 3 N–H and O–H groups in total. The minimum atomic E-state index is -1.12. The highest BCUT2D eigenvalue weighted by Crippen LogP contribution is 1.98. The predicted octanol–water partition coefficient (Wildman–Crippen LogP) is -0.726. The van der Waals surface area contributed by atoms with Gasteiger partial charge >= 0.3 is 5.97 Å². The quantitative estimate of drug-likeness (QED) is 0.541. The summed E-state index contributed by atoms with van der Waals surface area (Å²) in [5.41, 5.74) is 5.16. The average molecular weight is 191 g/mol. The minimum absolute atomic E-state index is 0.221. The maximum Gasteiger partial charge on any atom is 0.335 e. The van der Waals surface area contributed by atoms with E-state index < -0.39 is 12.1 Å². The summed E-state index contributed by atoms with van der Waals surface area (Å²) in [4.78, 5) is 11.0. The van der Waals surface area contributed by atoms with Gasteiger partial charge in [-0.2, -0.15) is 0 Å². The fourth-order valence-electron chi connectivity index (χ4n) is 0.821. The van der Waals surface area contributed by atoms with Crippen LogP contribution in [0.5, 0.6) is 0 Å². The standard InChI is InChI=1S/C8H17NO4/c1-6(5-12-2)13-8(11)7(10)3-4-9/h6-7,10H,3-5,9H2,1-2H3. The number of hydrogen-bond acceptors (Lipinski definition) is 5. The molecule has 0 bridgehead atoms. The van der Waals surface area contributed by atoms with Crippen LogP contribution in [-0.2, 0) is 14.3 Å². The molecular weight excluding hydrogens is 174 g/mol. The first kappa shape index (κ1) is 12.3. The molecule has 5 nitrogen and oxygen atoms in total. The SMILES string of the molecule is COCC(C)OC(=O)C(O)CCN. The molecule has 0 amide bonds. The topological polar surface area (TPSA) is 81.8 Å². The number of methoxy groups -OCH3 is 1. The molecule has 0 heterocycles. The zero-order chi connectivity index (χ0) is 10.3. The van der Waals surface area contributed by atoms with Crippen molar-refractivity contribution in [3.8, 4) is 0 Å². The van der Waals surface area contributed by atoms with Gasteiger partial charge in [0.2, 0.25) is 0 Å². The zero-order valence-electron chi connectivity index (χ0n) is 8.03. The number of ether oxygens (including phenoxy) is 2. The van der Waals surface area contributed by atoms with Gasteiger partial charge in [-0.15, -0.1) is 0 Å². The van der Waals surface area contributed by atoms with Crippen molar-refractivity contribution in [1.29, 1.82) is 0 Å². The summed E-state index contributed by atoms with van der Waals surface area (Å²) >= 11 is 0. The van der Waals surface area contributed by atoms with Crippen LogP contribution in [0.2, 0.25) is 0 Å². The lowest BCUT2D eigenvalue weighted by Gasteiger charge is -2.14. The third-order valence-electron chi connectivity index (χ3n) is 1.43. The monoisotopic (exact) mass is 191 g/mol. The molecule has 78 valence electrons. The van der Waals surface area contributed by atoms with Crippen molar-refractivity contribution in [2.24, 2.45) is 5.73 Å². The molecule has 0 aliphatic rings. The number of aliphatic hydroxyl groups is 1. The number of carbonyl (C=O) groups excluding carboxylic acids is 1. The van der Waals surface area contributed by atoms with Gasteiger partial charge in [0.15, 0.2) is 6.10 Å². The smallest absolute Gasteiger partial charge is 0.335 e. The van der Waals surface area contributed by atoms with E-state index in [1.54, 1.807) is 6.92 Å². The van der Waals surface area contributed by atoms with E-state index in [1.807, 2.05) is 0 Å². The van der Waals surface area contributed by atoms with E-state index in [2.05, 4.69) is 0 Å². The number of aliphatic hydroxyl groups excluding tert-OH is 1. The molecule has 2 atom stereocenters. The summed E-state index contributed by atoms with van der Waals surface area (Å²) in [6, 6.07) is 0. The molecule has 0 aromatic heterocycles. The highest BCUT2D eigenvalue weighted by atomic mass is 16.6. The van der Waals surface area contributed by atoms with Crippen LogP contribution < -0.4 is 5.73 Å². The van der Waals surface area contributed by atoms with Gasteiger partial charge in [0.1, 0.15) is 6.10 Å². The van der Waals surface area contributed by atoms with Gasteiger partial charge in [-0.05, 0) is 19.9 Å². The maximum absolute atomic E-state index is 11.0. The molecule has 13 heavy (non-hydrogen) atoms. The van der Waals surface area contributed by atoms with E-state index in [4.69, 9.17) is 20.3 Å². The van der Waals surface area contributed by atoms with Crippen molar-refractivity contribution in [1.82, 2.24) is 0 Å². The summed E-state index contributed by atoms with van der Waals surface area (Å²) in [5.74, 6) is -0.644. The molecular formula is C8H17NO4. The fraction of sp³-hybridized carbons (Fsp3) is 0.875. The van der Waals surface area contributed by atoms with Gasteiger partial charge in [-0.25, -0.2) is 4.79 Å². The van der Waals surface area contributed by atoms with Crippen molar-refractivity contribution in [2.75, 3.05) is 20.3 Å². The van der Waals surface area contributed by atoms with Crippen LogP contribution in [0.4, 0.5) is 0 Å². The zero-order valence-corrected chi connectivity index (χ0v) is 8.03. The second-order valence-corrected chi connectivity index (χ2v) is 2.80. The fourth-order valence-corrected chi connectivity index (χ4v) is 0.821. The van der Waals surface area contributed by atoms with Crippen molar-refractivity contribution < 1.29 is 19.4 Å². The summed E-state index contributed by atoms with van der Waals surface area (Å²) < 4.78 is 9.60. The molecule has 0 spiro atoms. The molecule has 0 aromatic rings. The maximum atomic E-state index is 11.0. The Morgan fingerprint density at radius 2 is 2.23 bits per heavy atom. The van der Waals surface area contributed by atoms with E-state index >= 15 is 0 Å². The van der Waals surface area contributed by atoms with Crippen LogP contribution in [0.15, 0.2) is 0 Å².